The fourth-order valence-electron chi connectivity index (χ4n) is 3.81. The predicted octanol–water partition coefficient (Wildman–Crippen LogP) is 2.83. The number of nitrogens with zero attached hydrogens (tertiary/aromatic N) is 1. The molecule has 0 radical (unpaired) electrons. The van der Waals surface area contributed by atoms with Crippen molar-refractivity contribution in [3.05, 3.63) is 69.3 Å². The molecule has 0 amide bonds. The molecule has 0 aliphatic carbocycles. The topological polar surface area (TPSA) is 101 Å². The summed E-state index contributed by atoms with van der Waals surface area (Å²) in [5.41, 5.74) is 0.746. The highest BCUT2D eigenvalue weighted by molar-refractivity contribution is 7.90. The van der Waals surface area contributed by atoms with Gasteiger partial charge in [0.1, 0.15) is 11.3 Å². The van der Waals surface area contributed by atoms with E-state index in [2.05, 4.69) is 14.3 Å². The number of ether oxygens (including phenoxy) is 1. The van der Waals surface area contributed by atoms with Gasteiger partial charge in [0, 0.05) is 50.1 Å². The molecule has 2 N–H and O–H groups in total. The Morgan fingerprint density at radius 3 is 2.67 bits per heavy atom. The van der Waals surface area contributed by atoms with Gasteiger partial charge < -0.3 is 9.15 Å². The first-order chi connectivity index (χ1) is 15.7. The second-order valence-electron chi connectivity index (χ2n) is 7.77. The van der Waals surface area contributed by atoms with Crippen LogP contribution in [0.25, 0.3) is 11.0 Å². The van der Waals surface area contributed by atoms with Crippen molar-refractivity contribution < 1.29 is 22.0 Å². The van der Waals surface area contributed by atoms with Gasteiger partial charge in [-0.25, -0.2) is 13.9 Å². The van der Waals surface area contributed by atoms with Crippen LogP contribution in [0.3, 0.4) is 0 Å². The van der Waals surface area contributed by atoms with Gasteiger partial charge in [0.2, 0.25) is 0 Å². The number of anilines is 1. The Kier molecular flexibility index (Phi) is 6.62. The standard InChI is InChI=1S/C22H23ClFN3O5S/c1-25-33(29,30)26-19-5-3-4-13(21(19)24)8-17-18(12-27-10-14(23)11-27)16-7-6-15(31-2)9-20(16)32-22(17)28/h3-7,9,14,25-26H,8,10-12H2,1-2H3. The zero-order valence-electron chi connectivity index (χ0n) is 18.0. The fraction of sp³-hybridized carbons (Fsp3) is 0.318. The van der Waals surface area contributed by atoms with Crippen molar-refractivity contribution in [3.8, 4) is 5.75 Å². The van der Waals surface area contributed by atoms with E-state index < -0.39 is 21.7 Å². The molecular weight excluding hydrogens is 473 g/mol. The van der Waals surface area contributed by atoms with Gasteiger partial charge in [-0.1, -0.05) is 12.1 Å². The van der Waals surface area contributed by atoms with Gasteiger partial charge >= 0.3 is 5.63 Å². The molecule has 1 saturated heterocycles. The molecule has 1 aliphatic heterocycles. The smallest absolute Gasteiger partial charge is 0.340 e. The lowest BCUT2D eigenvalue weighted by Gasteiger charge is -2.36. The van der Waals surface area contributed by atoms with E-state index in [4.69, 9.17) is 20.8 Å². The molecule has 3 aromatic rings. The fourth-order valence-corrected chi connectivity index (χ4v) is 4.75. The molecule has 33 heavy (non-hydrogen) atoms. The zero-order valence-corrected chi connectivity index (χ0v) is 19.6. The third-order valence-corrected chi connectivity index (χ3v) is 6.88. The highest BCUT2D eigenvalue weighted by atomic mass is 35.5. The summed E-state index contributed by atoms with van der Waals surface area (Å²) < 4.78 is 53.8. The highest BCUT2D eigenvalue weighted by Crippen LogP contribution is 2.30. The predicted molar refractivity (Wildman–Crippen MR) is 125 cm³/mol. The maximum atomic E-state index is 15.2. The quantitative estimate of drug-likeness (QED) is 0.368. The maximum absolute atomic E-state index is 15.2. The second-order valence-corrected chi connectivity index (χ2v) is 10.0. The minimum atomic E-state index is -3.90. The van der Waals surface area contributed by atoms with Crippen LogP contribution in [0, 0.1) is 5.82 Å². The van der Waals surface area contributed by atoms with Gasteiger partial charge in [-0.2, -0.15) is 8.42 Å². The molecule has 0 spiro atoms. The number of fused-ring (bicyclic) bond motifs is 1. The molecule has 11 heteroatoms. The third-order valence-electron chi connectivity index (χ3n) is 5.58. The second kappa shape index (κ2) is 9.30. The Labute approximate surface area is 195 Å². The van der Waals surface area contributed by atoms with Crippen LogP contribution in [0.15, 0.2) is 45.6 Å². The molecule has 1 fully saturated rings. The van der Waals surface area contributed by atoms with Gasteiger partial charge in [0.05, 0.1) is 18.2 Å². The summed E-state index contributed by atoms with van der Waals surface area (Å²) in [7, 11) is -1.17. The molecular formula is C22H23ClFN3O5S. The number of rotatable bonds is 8. The van der Waals surface area contributed by atoms with Crippen LogP contribution in [0.4, 0.5) is 10.1 Å². The van der Waals surface area contributed by atoms with Crippen LogP contribution >= 0.6 is 11.6 Å². The van der Waals surface area contributed by atoms with E-state index in [1.165, 1.54) is 32.4 Å². The molecule has 2 aromatic carbocycles. The summed E-state index contributed by atoms with van der Waals surface area (Å²) in [5, 5.41) is 0.769. The van der Waals surface area contributed by atoms with Gasteiger partial charge in [0.15, 0.2) is 5.82 Å². The van der Waals surface area contributed by atoms with Crippen LogP contribution in [-0.2, 0) is 23.2 Å². The zero-order chi connectivity index (χ0) is 23.8. The maximum Gasteiger partial charge on any atom is 0.340 e. The lowest BCUT2D eigenvalue weighted by molar-refractivity contribution is 0.178. The SMILES string of the molecule is CNS(=O)(=O)Nc1cccc(Cc2c(CN3CC(Cl)C3)c3ccc(OC)cc3oc2=O)c1F. The Balaban J connectivity index is 1.79. The van der Waals surface area contributed by atoms with Crippen LogP contribution in [0.1, 0.15) is 16.7 Å². The molecule has 2 heterocycles. The van der Waals surface area contributed by atoms with Crippen LogP contribution in [-0.4, -0.2) is 45.9 Å². The number of methoxy groups -OCH3 is 1. The largest absolute Gasteiger partial charge is 0.497 e. The first-order valence-electron chi connectivity index (χ1n) is 10.2. The van der Waals surface area contributed by atoms with E-state index in [-0.39, 0.29) is 23.0 Å². The Morgan fingerprint density at radius 2 is 2.00 bits per heavy atom. The number of hydrogen-bond acceptors (Lipinski definition) is 6. The molecule has 1 aliphatic rings. The van der Waals surface area contributed by atoms with Crippen molar-refractivity contribution in [2.45, 2.75) is 18.3 Å². The molecule has 8 nitrogen and oxygen atoms in total. The average Bonchev–Trinajstić information content (AvgIpc) is 2.76. The Morgan fingerprint density at radius 1 is 1.24 bits per heavy atom. The molecule has 0 unspecified atom stereocenters. The first-order valence-corrected chi connectivity index (χ1v) is 12.1. The minimum Gasteiger partial charge on any atom is -0.497 e. The number of benzene rings is 2. The number of alkyl halides is 1. The average molecular weight is 496 g/mol. The summed E-state index contributed by atoms with van der Waals surface area (Å²) in [6.45, 7) is 1.80. The van der Waals surface area contributed by atoms with Crippen LogP contribution < -0.4 is 19.8 Å². The normalized spacial score (nSPS) is 14.9. The molecule has 4 rings (SSSR count). The first kappa shape index (κ1) is 23.5. The van der Waals surface area contributed by atoms with E-state index in [1.54, 1.807) is 12.1 Å². The van der Waals surface area contributed by atoms with E-state index >= 15 is 4.39 Å². The van der Waals surface area contributed by atoms with Crippen molar-refractivity contribution >= 4 is 38.5 Å². The highest BCUT2D eigenvalue weighted by Gasteiger charge is 2.27. The minimum absolute atomic E-state index is 0.0502. The summed E-state index contributed by atoms with van der Waals surface area (Å²) in [4.78, 5) is 15.1. The van der Waals surface area contributed by atoms with Crippen molar-refractivity contribution in [2.24, 2.45) is 0 Å². The summed E-state index contributed by atoms with van der Waals surface area (Å²) in [6.07, 6.45) is -0.0707. The van der Waals surface area contributed by atoms with Crippen molar-refractivity contribution in [3.63, 3.8) is 0 Å². The van der Waals surface area contributed by atoms with Crippen LogP contribution in [0.5, 0.6) is 5.75 Å². The summed E-state index contributed by atoms with van der Waals surface area (Å²) in [5.74, 6) is -0.217. The Bertz CT molecular complexity index is 1360. The third kappa shape index (κ3) is 4.98. The molecule has 0 atom stereocenters. The van der Waals surface area contributed by atoms with E-state index in [0.717, 1.165) is 5.39 Å². The number of halogens is 2. The van der Waals surface area contributed by atoms with Crippen molar-refractivity contribution in [1.82, 2.24) is 9.62 Å². The number of likely N-dealkylation sites (tertiary alicyclic amines) is 1. The van der Waals surface area contributed by atoms with Crippen LogP contribution in [0.2, 0.25) is 0 Å². The Hall–Kier alpha value is -2.66. The van der Waals surface area contributed by atoms with Gasteiger partial charge in [-0.3, -0.25) is 9.62 Å². The number of nitrogens with one attached hydrogen (secondary N) is 2. The molecule has 0 bridgehead atoms. The summed E-state index contributed by atoms with van der Waals surface area (Å²) >= 11 is 6.12. The van der Waals surface area contributed by atoms with Crippen molar-refractivity contribution in [2.75, 3.05) is 32.0 Å². The van der Waals surface area contributed by atoms with Crippen molar-refractivity contribution in [1.29, 1.82) is 0 Å². The van der Waals surface area contributed by atoms with E-state index in [0.29, 0.717) is 42.1 Å². The molecule has 1 aromatic heterocycles. The van der Waals surface area contributed by atoms with Gasteiger partial charge in [0.25, 0.3) is 10.2 Å². The molecule has 176 valence electrons. The monoisotopic (exact) mass is 495 g/mol. The van der Waals surface area contributed by atoms with E-state index in [1.807, 2.05) is 6.07 Å². The lowest BCUT2D eigenvalue weighted by Crippen LogP contribution is -2.47. The summed E-state index contributed by atoms with van der Waals surface area (Å²) in [6, 6.07) is 9.55. The van der Waals surface area contributed by atoms with Gasteiger partial charge in [-0.15, -0.1) is 11.6 Å². The molecule has 0 saturated carbocycles. The lowest BCUT2D eigenvalue weighted by atomic mass is 9.96. The van der Waals surface area contributed by atoms with E-state index in [9.17, 15) is 13.2 Å². The van der Waals surface area contributed by atoms with Gasteiger partial charge in [-0.05, 0) is 29.3 Å². The number of hydrogen-bond donors (Lipinski definition) is 2.